The molecule has 0 saturated carbocycles. The number of fused-ring (bicyclic) bond motifs is 1. The van der Waals surface area contributed by atoms with Gasteiger partial charge in [-0.1, -0.05) is 42.5 Å². The van der Waals surface area contributed by atoms with Crippen LogP contribution >= 0.6 is 0 Å². The first-order valence-corrected chi connectivity index (χ1v) is 8.96. The highest BCUT2D eigenvalue weighted by Gasteiger charge is 2.12. The number of rotatable bonds is 4. The van der Waals surface area contributed by atoms with Crippen molar-refractivity contribution in [1.29, 1.82) is 0 Å². The number of hydrogen-bond acceptors (Lipinski definition) is 3. The van der Waals surface area contributed by atoms with Gasteiger partial charge in [-0.2, -0.15) is 0 Å². The average Bonchev–Trinajstić information content (AvgIpc) is 3.11. The highest BCUT2D eigenvalue weighted by Crippen LogP contribution is 2.25. The predicted octanol–water partition coefficient (Wildman–Crippen LogP) is 5.26. The van der Waals surface area contributed by atoms with Gasteiger partial charge < -0.3 is 4.74 Å². The van der Waals surface area contributed by atoms with E-state index in [1.807, 2.05) is 48.7 Å². The summed E-state index contributed by atoms with van der Waals surface area (Å²) in [6.07, 6.45) is 1.64. The number of carbonyl (C=O) groups excluding carboxylic acids is 1. The summed E-state index contributed by atoms with van der Waals surface area (Å²) in [6.45, 7) is 3.68. The van der Waals surface area contributed by atoms with Crippen LogP contribution in [0, 0.1) is 0 Å². The lowest BCUT2D eigenvalue weighted by Crippen LogP contribution is -2.11. The van der Waals surface area contributed by atoms with Gasteiger partial charge in [0.15, 0.2) is 0 Å². The minimum absolute atomic E-state index is 0.147. The zero-order valence-corrected chi connectivity index (χ0v) is 15.3. The van der Waals surface area contributed by atoms with Crippen molar-refractivity contribution < 1.29 is 9.53 Å². The molecule has 0 unspecified atom stereocenters. The molecule has 0 N–H and O–H groups in total. The highest BCUT2D eigenvalue weighted by molar-refractivity contribution is 5.94. The van der Waals surface area contributed by atoms with Crippen molar-refractivity contribution in [2.45, 2.75) is 20.0 Å². The Labute approximate surface area is 158 Å². The summed E-state index contributed by atoms with van der Waals surface area (Å²) in [7, 11) is 0. The molecule has 0 aliphatic heterocycles. The van der Waals surface area contributed by atoms with Crippen LogP contribution in [0.25, 0.3) is 27.8 Å². The van der Waals surface area contributed by atoms with Crippen LogP contribution in [0.1, 0.15) is 24.2 Å². The second kappa shape index (κ2) is 7.08. The first-order valence-electron chi connectivity index (χ1n) is 8.96. The van der Waals surface area contributed by atoms with Crippen molar-refractivity contribution in [3.05, 3.63) is 84.7 Å². The van der Waals surface area contributed by atoms with Crippen LogP contribution in [0.3, 0.4) is 0 Å². The van der Waals surface area contributed by atoms with Gasteiger partial charge in [0.2, 0.25) is 0 Å². The zero-order chi connectivity index (χ0) is 18.8. The van der Waals surface area contributed by atoms with Crippen LogP contribution in [-0.2, 0) is 4.74 Å². The van der Waals surface area contributed by atoms with Crippen LogP contribution in [0.4, 0.5) is 0 Å². The molecule has 4 aromatic rings. The van der Waals surface area contributed by atoms with E-state index in [0.29, 0.717) is 5.56 Å². The number of carbonyl (C=O) groups is 1. The Morgan fingerprint density at radius 3 is 2.48 bits per heavy atom. The lowest BCUT2D eigenvalue weighted by atomic mass is 10.1. The van der Waals surface area contributed by atoms with Crippen molar-refractivity contribution >= 4 is 17.0 Å². The molecule has 4 rings (SSSR count). The first kappa shape index (κ1) is 17.0. The second-order valence-electron chi connectivity index (χ2n) is 6.69. The molecule has 0 radical (unpaired) electrons. The number of benzene rings is 3. The van der Waals surface area contributed by atoms with Gasteiger partial charge in [-0.3, -0.25) is 4.57 Å². The van der Waals surface area contributed by atoms with Gasteiger partial charge in [0, 0.05) is 5.69 Å². The molecule has 0 aliphatic carbocycles. The third kappa shape index (κ3) is 3.47. The number of esters is 1. The fraction of sp³-hybridized carbons (Fsp3) is 0.130. The molecule has 1 aromatic heterocycles. The van der Waals surface area contributed by atoms with Gasteiger partial charge in [0.1, 0.15) is 6.33 Å². The number of ether oxygens (including phenoxy) is 1. The molecule has 0 aliphatic rings. The fourth-order valence-electron chi connectivity index (χ4n) is 3.09. The lowest BCUT2D eigenvalue weighted by Gasteiger charge is -2.09. The van der Waals surface area contributed by atoms with Gasteiger partial charge in [0.25, 0.3) is 0 Å². The van der Waals surface area contributed by atoms with Crippen LogP contribution in [0.5, 0.6) is 0 Å². The van der Waals surface area contributed by atoms with E-state index in [1.54, 1.807) is 18.5 Å². The monoisotopic (exact) mass is 356 g/mol. The van der Waals surface area contributed by atoms with E-state index in [9.17, 15) is 4.79 Å². The van der Waals surface area contributed by atoms with Crippen molar-refractivity contribution in [3.8, 4) is 16.8 Å². The number of hydrogen-bond donors (Lipinski definition) is 0. The van der Waals surface area contributed by atoms with Gasteiger partial charge in [0.05, 0.1) is 22.7 Å². The molecule has 0 spiro atoms. The topological polar surface area (TPSA) is 44.1 Å². The van der Waals surface area contributed by atoms with Gasteiger partial charge in [-0.25, -0.2) is 9.78 Å². The molecule has 0 fully saturated rings. The van der Waals surface area contributed by atoms with Crippen LogP contribution in [0.15, 0.2) is 79.1 Å². The third-order valence-corrected chi connectivity index (χ3v) is 4.36. The largest absolute Gasteiger partial charge is 0.459 e. The minimum Gasteiger partial charge on any atom is -0.459 e. The van der Waals surface area contributed by atoms with Crippen molar-refractivity contribution in [3.63, 3.8) is 0 Å². The van der Waals surface area contributed by atoms with Crippen molar-refractivity contribution in [1.82, 2.24) is 9.55 Å². The summed E-state index contributed by atoms with van der Waals surface area (Å²) >= 11 is 0. The number of imidazole rings is 1. The molecule has 0 amide bonds. The lowest BCUT2D eigenvalue weighted by molar-refractivity contribution is 0.0378. The van der Waals surface area contributed by atoms with E-state index in [1.165, 1.54) is 5.56 Å². The van der Waals surface area contributed by atoms with Crippen molar-refractivity contribution in [2.75, 3.05) is 0 Å². The SMILES string of the molecule is CC(C)OC(=O)c1ccc2c(c1)ncn2-c1cccc(-c2ccccc2)c1. The second-order valence-corrected chi connectivity index (χ2v) is 6.69. The Kier molecular flexibility index (Phi) is 4.47. The van der Waals surface area contributed by atoms with Crippen LogP contribution in [-0.4, -0.2) is 21.6 Å². The Balaban J connectivity index is 1.72. The van der Waals surface area contributed by atoms with Gasteiger partial charge >= 0.3 is 5.97 Å². The molecule has 0 bridgehead atoms. The van der Waals surface area contributed by atoms with E-state index in [0.717, 1.165) is 22.3 Å². The normalized spacial score (nSPS) is 11.1. The predicted molar refractivity (Wildman–Crippen MR) is 107 cm³/mol. The fourth-order valence-corrected chi connectivity index (χ4v) is 3.09. The molecular formula is C23H20N2O2. The van der Waals surface area contributed by atoms with Gasteiger partial charge in [-0.05, 0) is 55.3 Å². The summed E-state index contributed by atoms with van der Waals surface area (Å²) in [5.41, 5.74) is 5.56. The maximum Gasteiger partial charge on any atom is 0.338 e. The Morgan fingerprint density at radius 1 is 0.926 bits per heavy atom. The third-order valence-electron chi connectivity index (χ3n) is 4.36. The molecule has 4 heteroatoms. The smallest absolute Gasteiger partial charge is 0.338 e. The Bertz CT molecular complexity index is 1100. The summed E-state index contributed by atoms with van der Waals surface area (Å²) in [5, 5.41) is 0. The standard InChI is InChI=1S/C23H20N2O2/c1-16(2)27-23(26)19-11-12-22-21(14-19)24-15-25(22)20-10-6-9-18(13-20)17-7-4-3-5-8-17/h3-16H,1-2H3. The number of nitrogens with zero attached hydrogens (tertiary/aromatic N) is 2. The first-order chi connectivity index (χ1) is 13.1. The summed E-state index contributed by atoms with van der Waals surface area (Å²) in [5.74, 6) is -0.326. The highest BCUT2D eigenvalue weighted by atomic mass is 16.5. The minimum atomic E-state index is -0.326. The summed E-state index contributed by atoms with van der Waals surface area (Å²) in [6, 6.07) is 24.1. The maximum absolute atomic E-state index is 12.1. The molecular weight excluding hydrogens is 336 g/mol. The van der Waals surface area contributed by atoms with E-state index >= 15 is 0 Å². The molecule has 3 aromatic carbocycles. The van der Waals surface area contributed by atoms with Crippen LogP contribution < -0.4 is 0 Å². The average molecular weight is 356 g/mol. The molecule has 134 valence electrons. The van der Waals surface area contributed by atoms with E-state index in [-0.39, 0.29) is 12.1 Å². The van der Waals surface area contributed by atoms with E-state index in [2.05, 4.69) is 35.3 Å². The maximum atomic E-state index is 12.1. The molecule has 0 atom stereocenters. The molecule has 0 saturated heterocycles. The Morgan fingerprint density at radius 2 is 1.70 bits per heavy atom. The molecule has 27 heavy (non-hydrogen) atoms. The van der Waals surface area contributed by atoms with Crippen molar-refractivity contribution in [2.24, 2.45) is 0 Å². The van der Waals surface area contributed by atoms with E-state index < -0.39 is 0 Å². The quantitative estimate of drug-likeness (QED) is 0.469. The van der Waals surface area contributed by atoms with Crippen LogP contribution in [0.2, 0.25) is 0 Å². The van der Waals surface area contributed by atoms with Gasteiger partial charge in [-0.15, -0.1) is 0 Å². The van der Waals surface area contributed by atoms with E-state index in [4.69, 9.17) is 4.74 Å². The zero-order valence-electron chi connectivity index (χ0n) is 15.3. The Hall–Kier alpha value is -3.40. The molecule has 1 heterocycles. The number of aromatic nitrogens is 2. The molecule has 4 nitrogen and oxygen atoms in total. The summed E-state index contributed by atoms with van der Waals surface area (Å²) in [4.78, 5) is 16.6. The summed E-state index contributed by atoms with van der Waals surface area (Å²) < 4.78 is 7.29.